The average molecular weight is 594 g/mol. The molecular formula is C41H27N3S. The molecule has 0 saturated carbocycles. The Bertz CT molecular complexity index is 2530. The molecule has 3 heterocycles. The van der Waals surface area contributed by atoms with Crippen molar-refractivity contribution >= 4 is 59.5 Å². The molecule has 0 radical (unpaired) electrons. The molecule has 1 aliphatic carbocycles. The van der Waals surface area contributed by atoms with Gasteiger partial charge in [0, 0.05) is 54.0 Å². The first-order valence-electron chi connectivity index (χ1n) is 15.4. The van der Waals surface area contributed by atoms with Gasteiger partial charge in [-0.3, -0.25) is 4.90 Å². The summed E-state index contributed by atoms with van der Waals surface area (Å²) >= 11 is 1.92. The van der Waals surface area contributed by atoms with Gasteiger partial charge in [0.1, 0.15) is 12.1 Å². The number of anilines is 3. The van der Waals surface area contributed by atoms with Gasteiger partial charge < -0.3 is 0 Å². The summed E-state index contributed by atoms with van der Waals surface area (Å²) in [6.07, 6.45) is 3.64. The van der Waals surface area contributed by atoms with Crippen LogP contribution in [-0.4, -0.2) is 9.97 Å². The van der Waals surface area contributed by atoms with Crippen molar-refractivity contribution in [3.05, 3.63) is 139 Å². The van der Waals surface area contributed by atoms with E-state index in [4.69, 9.17) is 4.98 Å². The van der Waals surface area contributed by atoms with Crippen LogP contribution in [0.4, 0.5) is 17.2 Å². The number of aromatic nitrogens is 2. The van der Waals surface area contributed by atoms with E-state index in [1.807, 2.05) is 17.5 Å². The summed E-state index contributed by atoms with van der Waals surface area (Å²) in [5.41, 5.74) is 12.2. The minimum Gasteiger partial charge on any atom is -0.294 e. The summed E-state index contributed by atoms with van der Waals surface area (Å²) in [7, 11) is 0. The summed E-state index contributed by atoms with van der Waals surface area (Å²) < 4.78 is 2.73. The van der Waals surface area contributed by atoms with Gasteiger partial charge in [-0.2, -0.15) is 0 Å². The van der Waals surface area contributed by atoms with E-state index in [2.05, 4.69) is 139 Å². The van der Waals surface area contributed by atoms with Crippen LogP contribution < -0.4 is 4.90 Å². The first-order chi connectivity index (χ1) is 22.1. The van der Waals surface area contributed by atoms with Crippen LogP contribution in [0.5, 0.6) is 0 Å². The maximum absolute atomic E-state index is 4.92. The van der Waals surface area contributed by atoms with E-state index < -0.39 is 0 Å². The molecule has 0 unspecified atom stereocenters. The number of thiophene rings is 1. The minimum atomic E-state index is -0.135. The highest BCUT2D eigenvalue weighted by Crippen LogP contribution is 2.56. The SMILES string of the molecule is CC1(C)c2cc(N3c4ncncc4-c4cc(-c5ccccc5)cc5cccc3c45)ccc2-c2c1ccc1c2sc2ccccc21. The lowest BCUT2D eigenvalue weighted by Gasteiger charge is -2.33. The maximum Gasteiger partial charge on any atom is 0.148 e. The number of benzene rings is 6. The lowest BCUT2D eigenvalue weighted by Crippen LogP contribution is -2.19. The third-order valence-electron chi connectivity index (χ3n) is 9.92. The molecule has 212 valence electrons. The molecule has 0 atom stereocenters. The molecule has 0 fully saturated rings. The van der Waals surface area contributed by atoms with Crippen molar-refractivity contribution < 1.29 is 0 Å². The van der Waals surface area contributed by atoms with Gasteiger partial charge in [0.25, 0.3) is 0 Å². The third-order valence-corrected chi connectivity index (χ3v) is 11.1. The Morgan fingerprint density at radius 3 is 2.44 bits per heavy atom. The predicted octanol–water partition coefficient (Wildman–Crippen LogP) is 11.4. The van der Waals surface area contributed by atoms with Crippen LogP contribution in [0.3, 0.4) is 0 Å². The summed E-state index contributed by atoms with van der Waals surface area (Å²) in [6.45, 7) is 4.74. The fraction of sp³-hybridized carbons (Fsp3) is 0.0732. The summed E-state index contributed by atoms with van der Waals surface area (Å²) in [6, 6.07) is 42.3. The van der Waals surface area contributed by atoms with Gasteiger partial charge in [0.05, 0.1) is 5.69 Å². The number of hydrogen-bond donors (Lipinski definition) is 0. The van der Waals surface area contributed by atoms with Gasteiger partial charge in [-0.05, 0) is 75.2 Å². The van der Waals surface area contributed by atoms with E-state index in [-0.39, 0.29) is 5.41 Å². The van der Waals surface area contributed by atoms with Gasteiger partial charge in [-0.1, -0.05) is 92.7 Å². The van der Waals surface area contributed by atoms with E-state index in [1.165, 1.54) is 69.9 Å². The third kappa shape index (κ3) is 3.35. The molecular weight excluding hydrogens is 567 g/mol. The zero-order chi connectivity index (χ0) is 29.9. The van der Waals surface area contributed by atoms with Crippen molar-refractivity contribution in [1.82, 2.24) is 9.97 Å². The zero-order valence-electron chi connectivity index (χ0n) is 24.9. The normalized spacial score (nSPS) is 14.1. The van der Waals surface area contributed by atoms with Crippen LogP contribution in [0.15, 0.2) is 128 Å². The smallest absolute Gasteiger partial charge is 0.148 e. The van der Waals surface area contributed by atoms with Crippen LogP contribution in [-0.2, 0) is 5.41 Å². The fourth-order valence-corrected chi connectivity index (χ4v) is 9.06. The first kappa shape index (κ1) is 25.1. The van der Waals surface area contributed by atoms with Crippen molar-refractivity contribution in [2.24, 2.45) is 0 Å². The second-order valence-electron chi connectivity index (χ2n) is 12.7. The number of hydrogen-bond acceptors (Lipinski definition) is 4. The van der Waals surface area contributed by atoms with Crippen molar-refractivity contribution in [2.75, 3.05) is 4.90 Å². The zero-order valence-corrected chi connectivity index (χ0v) is 25.7. The topological polar surface area (TPSA) is 29.0 Å². The predicted molar refractivity (Wildman–Crippen MR) is 189 cm³/mol. The Kier molecular flexibility index (Phi) is 4.94. The van der Waals surface area contributed by atoms with Crippen LogP contribution >= 0.6 is 11.3 Å². The molecule has 0 bridgehead atoms. The maximum atomic E-state index is 4.92. The van der Waals surface area contributed by atoms with Crippen LogP contribution in [0, 0.1) is 0 Å². The number of rotatable bonds is 2. The molecule has 2 aliphatic rings. The van der Waals surface area contributed by atoms with E-state index >= 15 is 0 Å². The molecule has 10 rings (SSSR count). The Balaban J connectivity index is 1.20. The van der Waals surface area contributed by atoms with Crippen LogP contribution in [0.2, 0.25) is 0 Å². The molecule has 1 aliphatic heterocycles. The highest BCUT2D eigenvalue weighted by atomic mass is 32.1. The molecule has 0 N–H and O–H groups in total. The van der Waals surface area contributed by atoms with Gasteiger partial charge in [-0.15, -0.1) is 11.3 Å². The van der Waals surface area contributed by atoms with Crippen molar-refractivity contribution in [3.8, 4) is 33.4 Å². The molecule has 0 spiro atoms. The van der Waals surface area contributed by atoms with E-state index in [0.717, 1.165) is 22.8 Å². The molecule has 6 aromatic carbocycles. The summed E-state index contributed by atoms with van der Waals surface area (Å²) in [5.74, 6) is 0.912. The quantitative estimate of drug-likeness (QED) is 0.200. The summed E-state index contributed by atoms with van der Waals surface area (Å²) in [4.78, 5) is 11.8. The Hall–Kier alpha value is -5.32. The lowest BCUT2D eigenvalue weighted by atomic mass is 9.82. The standard InChI is InChI=1S/C41H27N3S/c1-41(2)33-18-17-29-28-12-6-7-14-36(28)45-39(29)38(33)30-16-15-27(21-34(30)41)44-35-13-8-11-25-19-26(24-9-4-3-5-10-24)20-31(37(25)35)32-22-42-23-43-40(32)44/h3-23H,1-2H3. The van der Waals surface area contributed by atoms with Gasteiger partial charge >= 0.3 is 0 Å². The largest absolute Gasteiger partial charge is 0.294 e. The highest BCUT2D eigenvalue weighted by molar-refractivity contribution is 7.26. The van der Waals surface area contributed by atoms with Gasteiger partial charge in [0.15, 0.2) is 0 Å². The number of nitrogens with zero attached hydrogens (tertiary/aromatic N) is 3. The monoisotopic (exact) mass is 593 g/mol. The Morgan fingerprint density at radius 2 is 1.53 bits per heavy atom. The van der Waals surface area contributed by atoms with Crippen LogP contribution in [0.25, 0.3) is 64.3 Å². The van der Waals surface area contributed by atoms with E-state index in [1.54, 1.807) is 6.33 Å². The molecule has 2 aromatic heterocycles. The molecule has 0 amide bonds. The Morgan fingerprint density at radius 1 is 0.667 bits per heavy atom. The Labute approximate surface area is 265 Å². The lowest BCUT2D eigenvalue weighted by molar-refractivity contribution is 0.661. The molecule has 8 aromatic rings. The second-order valence-corrected chi connectivity index (χ2v) is 13.7. The highest BCUT2D eigenvalue weighted by Gasteiger charge is 2.38. The molecule has 3 nitrogen and oxygen atoms in total. The van der Waals surface area contributed by atoms with E-state index in [0.29, 0.717) is 0 Å². The molecule has 4 heteroatoms. The first-order valence-corrected chi connectivity index (χ1v) is 16.2. The van der Waals surface area contributed by atoms with Crippen LogP contribution in [0.1, 0.15) is 25.0 Å². The number of fused-ring (bicyclic) bond motifs is 9. The molecule has 45 heavy (non-hydrogen) atoms. The van der Waals surface area contributed by atoms with E-state index in [9.17, 15) is 0 Å². The minimum absolute atomic E-state index is 0.135. The van der Waals surface area contributed by atoms with Crippen molar-refractivity contribution in [1.29, 1.82) is 0 Å². The fourth-order valence-electron chi connectivity index (χ4n) is 7.80. The van der Waals surface area contributed by atoms with Crippen molar-refractivity contribution in [3.63, 3.8) is 0 Å². The average Bonchev–Trinajstić information content (AvgIpc) is 3.57. The van der Waals surface area contributed by atoms with Gasteiger partial charge in [0.2, 0.25) is 0 Å². The van der Waals surface area contributed by atoms with Gasteiger partial charge in [-0.25, -0.2) is 9.97 Å². The molecule has 0 saturated heterocycles. The summed E-state index contributed by atoms with van der Waals surface area (Å²) in [5, 5.41) is 5.13. The second kappa shape index (κ2) is 8.87. The van der Waals surface area contributed by atoms with Crippen molar-refractivity contribution in [2.45, 2.75) is 19.3 Å².